The van der Waals surface area contributed by atoms with E-state index >= 15 is 0 Å². The normalized spacial score (nSPS) is 10.7. The smallest absolute Gasteiger partial charge is 0.128 e. The quantitative estimate of drug-likeness (QED) is 0.926. The predicted octanol–water partition coefficient (Wildman–Crippen LogP) is 3.53. The second-order valence-electron chi connectivity index (χ2n) is 5.58. The van der Waals surface area contributed by atoms with Gasteiger partial charge in [0.25, 0.3) is 0 Å². The third-order valence-electron chi connectivity index (χ3n) is 3.74. The van der Waals surface area contributed by atoms with E-state index in [4.69, 9.17) is 5.73 Å². The van der Waals surface area contributed by atoms with Crippen molar-refractivity contribution in [3.63, 3.8) is 0 Å². The van der Waals surface area contributed by atoms with E-state index in [1.165, 1.54) is 22.3 Å². The van der Waals surface area contributed by atoms with E-state index < -0.39 is 0 Å². The zero-order chi connectivity index (χ0) is 14.9. The Morgan fingerprint density at radius 3 is 2.20 bits per heavy atom. The molecule has 1 heterocycles. The van der Waals surface area contributed by atoms with Crippen LogP contribution in [0.15, 0.2) is 24.3 Å². The number of pyridine rings is 1. The maximum Gasteiger partial charge on any atom is 0.128 e. The van der Waals surface area contributed by atoms with E-state index in [0.717, 1.165) is 23.7 Å². The van der Waals surface area contributed by atoms with Crippen molar-refractivity contribution in [1.82, 2.24) is 4.98 Å². The molecule has 0 aliphatic heterocycles. The van der Waals surface area contributed by atoms with Crippen molar-refractivity contribution < 1.29 is 0 Å². The van der Waals surface area contributed by atoms with Gasteiger partial charge in [0.15, 0.2) is 0 Å². The second kappa shape index (κ2) is 5.53. The molecule has 106 valence electrons. The summed E-state index contributed by atoms with van der Waals surface area (Å²) in [7, 11) is 2.07. The molecule has 0 aliphatic rings. The van der Waals surface area contributed by atoms with Gasteiger partial charge in [-0.25, -0.2) is 4.98 Å². The highest BCUT2D eigenvalue weighted by Gasteiger charge is 2.09. The molecule has 0 saturated heterocycles. The van der Waals surface area contributed by atoms with Gasteiger partial charge in [0.05, 0.1) is 11.4 Å². The zero-order valence-electron chi connectivity index (χ0n) is 13.0. The van der Waals surface area contributed by atoms with Gasteiger partial charge in [-0.05, 0) is 56.5 Å². The Bertz CT molecular complexity index is 609. The number of nitrogens with two attached hydrogens (primary N) is 1. The van der Waals surface area contributed by atoms with Crippen LogP contribution in [0.5, 0.6) is 0 Å². The van der Waals surface area contributed by atoms with Crippen molar-refractivity contribution in [2.75, 3.05) is 17.7 Å². The molecule has 0 fully saturated rings. The number of aryl methyl sites for hydroxylation is 4. The summed E-state index contributed by atoms with van der Waals surface area (Å²) in [5.74, 6) is 0.955. The van der Waals surface area contributed by atoms with Gasteiger partial charge < -0.3 is 10.6 Å². The molecule has 0 amide bonds. The fraction of sp³-hybridized carbons (Fsp3) is 0.353. The van der Waals surface area contributed by atoms with Gasteiger partial charge in [0.1, 0.15) is 5.82 Å². The van der Waals surface area contributed by atoms with Crippen molar-refractivity contribution >= 4 is 11.5 Å². The summed E-state index contributed by atoms with van der Waals surface area (Å²) < 4.78 is 0. The Balaban J connectivity index is 2.27. The van der Waals surface area contributed by atoms with Crippen molar-refractivity contribution in [1.29, 1.82) is 0 Å². The number of rotatable bonds is 3. The summed E-state index contributed by atoms with van der Waals surface area (Å²) in [5.41, 5.74) is 12.8. The average Bonchev–Trinajstić information content (AvgIpc) is 2.36. The molecule has 0 atom stereocenters. The predicted molar refractivity (Wildman–Crippen MR) is 86.1 cm³/mol. The molecular weight excluding hydrogens is 246 g/mol. The van der Waals surface area contributed by atoms with Crippen LogP contribution in [0.2, 0.25) is 0 Å². The first-order valence-electron chi connectivity index (χ1n) is 6.89. The van der Waals surface area contributed by atoms with Gasteiger partial charge in [-0.15, -0.1) is 0 Å². The highest BCUT2D eigenvalue weighted by atomic mass is 15.2. The number of nitrogens with zero attached hydrogens (tertiary/aromatic N) is 2. The first-order chi connectivity index (χ1) is 9.38. The Labute approximate surface area is 121 Å². The first-order valence-corrected chi connectivity index (χ1v) is 6.89. The lowest BCUT2D eigenvalue weighted by Gasteiger charge is -2.22. The fourth-order valence-electron chi connectivity index (χ4n) is 2.55. The summed E-state index contributed by atoms with van der Waals surface area (Å²) in [6, 6.07) is 8.36. The lowest BCUT2D eigenvalue weighted by atomic mass is 9.99. The minimum Gasteiger partial charge on any atom is -0.397 e. The molecule has 0 radical (unpaired) electrons. The highest BCUT2D eigenvalue weighted by Crippen LogP contribution is 2.21. The summed E-state index contributed by atoms with van der Waals surface area (Å²) in [6.45, 7) is 9.28. The van der Waals surface area contributed by atoms with Crippen LogP contribution in [0.4, 0.5) is 11.5 Å². The number of hydrogen-bond acceptors (Lipinski definition) is 3. The van der Waals surface area contributed by atoms with E-state index in [1.54, 1.807) is 0 Å². The molecule has 0 saturated carbocycles. The minimum atomic E-state index is 0.741. The maximum absolute atomic E-state index is 5.83. The van der Waals surface area contributed by atoms with Crippen LogP contribution in [-0.2, 0) is 6.54 Å². The van der Waals surface area contributed by atoms with Gasteiger partial charge >= 0.3 is 0 Å². The van der Waals surface area contributed by atoms with Crippen LogP contribution < -0.4 is 10.6 Å². The monoisotopic (exact) mass is 269 g/mol. The SMILES string of the molecule is Cc1cc(C)c(CN(C)c2ccc(N)c(C)n2)c(C)c1. The van der Waals surface area contributed by atoms with Gasteiger partial charge in [0.2, 0.25) is 0 Å². The number of hydrogen-bond donors (Lipinski definition) is 1. The van der Waals surface area contributed by atoms with Crippen molar-refractivity contribution in [2.45, 2.75) is 34.2 Å². The number of aromatic nitrogens is 1. The van der Waals surface area contributed by atoms with Gasteiger partial charge in [0, 0.05) is 13.6 Å². The van der Waals surface area contributed by atoms with E-state index in [0.29, 0.717) is 0 Å². The van der Waals surface area contributed by atoms with Gasteiger partial charge in [-0.1, -0.05) is 17.7 Å². The molecule has 1 aromatic carbocycles. The lowest BCUT2D eigenvalue weighted by molar-refractivity contribution is 0.878. The van der Waals surface area contributed by atoms with Crippen LogP contribution in [0.1, 0.15) is 27.9 Å². The molecule has 0 spiro atoms. The molecule has 0 unspecified atom stereocenters. The average molecular weight is 269 g/mol. The number of anilines is 2. The molecule has 2 rings (SSSR count). The van der Waals surface area contributed by atoms with Gasteiger partial charge in [-0.3, -0.25) is 0 Å². The van der Waals surface area contributed by atoms with Crippen molar-refractivity contribution in [3.05, 3.63) is 52.2 Å². The third kappa shape index (κ3) is 2.93. The zero-order valence-corrected chi connectivity index (χ0v) is 13.0. The maximum atomic E-state index is 5.83. The van der Waals surface area contributed by atoms with E-state index in [1.807, 2.05) is 19.1 Å². The summed E-state index contributed by atoms with van der Waals surface area (Å²) >= 11 is 0. The standard InChI is InChI=1S/C17H23N3/c1-11-8-12(2)15(13(3)9-11)10-20(5)17-7-6-16(18)14(4)19-17/h6-9H,10,18H2,1-5H3. The molecular formula is C17H23N3. The Hall–Kier alpha value is -2.03. The van der Waals surface area contributed by atoms with Crippen molar-refractivity contribution in [2.24, 2.45) is 0 Å². The summed E-state index contributed by atoms with van der Waals surface area (Å²) in [6.07, 6.45) is 0. The molecule has 3 heteroatoms. The molecule has 1 aromatic heterocycles. The highest BCUT2D eigenvalue weighted by molar-refractivity contribution is 5.51. The Morgan fingerprint density at radius 2 is 1.65 bits per heavy atom. The summed E-state index contributed by atoms with van der Waals surface area (Å²) in [5, 5.41) is 0. The first kappa shape index (κ1) is 14.4. The van der Waals surface area contributed by atoms with Gasteiger partial charge in [-0.2, -0.15) is 0 Å². The third-order valence-corrected chi connectivity index (χ3v) is 3.74. The lowest BCUT2D eigenvalue weighted by Crippen LogP contribution is -2.19. The Morgan fingerprint density at radius 1 is 1.05 bits per heavy atom. The van der Waals surface area contributed by atoms with Crippen LogP contribution in [0, 0.1) is 27.7 Å². The fourth-order valence-corrected chi connectivity index (χ4v) is 2.55. The van der Waals surface area contributed by atoms with E-state index in [2.05, 4.69) is 49.8 Å². The number of benzene rings is 1. The molecule has 2 N–H and O–H groups in total. The second-order valence-corrected chi connectivity index (χ2v) is 5.58. The van der Waals surface area contributed by atoms with E-state index in [9.17, 15) is 0 Å². The molecule has 2 aromatic rings. The van der Waals surface area contributed by atoms with E-state index in [-0.39, 0.29) is 0 Å². The minimum absolute atomic E-state index is 0.741. The van der Waals surface area contributed by atoms with Crippen LogP contribution in [0.25, 0.3) is 0 Å². The largest absolute Gasteiger partial charge is 0.397 e. The Kier molecular flexibility index (Phi) is 3.98. The van der Waals surface area contributed by atoms with Crippen LogP contribution in [0.3, 0.4) is 0 Å². The topological polar surface area (TPSA) is 42.1 Å². The molecule has 0 bridgehead atoms. The molecule has 3 nitrogen and oxygen atoms in total. The van der Waals surface area contributed by atoms with Crippen LogP contribution >= 0.6 is 0 Å². The molecule has 20 heavy (non-hydrogen) atoms. The van der Waals surface area contributed by atoms with Crippen molar-refractivity contribution in [3.8, 4) is 0 Å². The summed E-state index contributed by atoms with van der Waals surface area (Å²) in [4.78, 5) is 6.71. The van der Waals surface area contributed by atoms with Crippen LogP contribution in [-0.4, -0.2) is 12.0 Å². The molecule has 0 aliphatic carbocycles. The number of nitrogen functional groups attached to an aromatic ring is 1.